The summed E-state index contributed by atoms with van der Waals surface area (Å²) in [6.45, 7) is 4.56. The number of nitrogens with one attached hydrogen (secondary N) is 1. The van der Waals surface area contributed by atoms with Crippen molar-refractivity contribution in [2.75, 3.05) is 53.4 Å². The molecule has 1 amide bonds. The molecule has 10 nitrogen and oxygen atoms in total. The van der Waals surface area contributed by atoms with Crippen LogP contribution in [0.5, 0.6) is 0 Å². The summed E-state index contributed by atoms with van der Waals surface area (Å²) in [6, 6.07) is 1.55. The van der Waals surface area contributed by atoms with Crippen LogP contribution in [-0.2, 0) is 20.6 Å². The minimum atomic E-state index is -3.45. The fourth-order valence-corrected chi connectivity index (χ4v) is 3.98. The number of hydrogen-bond donors (Lipinski definition) is 1. The molecule has 0 radical (unpaired) electrons. The largest absolute Gasteiger partial charge is 0.364 e. The van der Waals surface area contributed by atoms with Crippen molar-refractivity contribution in [1.29, 1.82) is 0 Å². The SMILES string of the molecule is CCCNC(=NCC(=O)N(C)C)N1CCN(S(=O)(=O)Cc2ccon2)CC1. The number of carbonyl (C=O) groups excluding carboxylic acids is 1. The Labute approximate surface area is 160 Å². The molecule has 27 heavy (non-hydrogen) atoms. The molecular formula is C16H28N6O4S. The van der Waals surface area contributed by atoms with E-state index < -0.39 is 10.0 Å². The highest BCUT2D eigenvalue weighted by molar-refractivity contribution is 7.88. The number of sulfonamides is 1. The van der Waals surface area contributed by atoms with Crippen molar-refractivity contribution >= 4 is 21.9 Å². The summed E-state index contributed by atoms with van der Waals surface area (Å²) in [5.41, 5.74) is 0.395. The molecular weight excluding hydrogens is 372 g/mol. The van der Waals surface area contributed by atoms with Crippen LogP contribution in [0.2, 0.25) is 0 Å². The maximum atomic E-state index is 12.5. The van der Waals surface area contributed by atoms with Gasteiger partial charge in [-0.1, -0.05) is 12.1 Å². The summed E-state index contributed by atoms with van der Waals surface area (Å²) in [4.78, 5) is 19.7. The zero-order chi connectivity index (χ0) is 19.9. The first-order valence-corrected chi connectivity index (χ1v) is 10.5. The number of aliphatic imine (C=N–C) groups is 1. The normalized spacial score (nSPS) is 16.4. The van der Waals surface area contributed by atoms with Gasteiger partial charge in [-0.2, -0.15) is 4.31 Å². The van der Waals surface area contributed by atoms with Crippen molar-refractivity contribution in [2.24, 2.45) is 4.99 Å². The van der Waals surface area contributed by atoms with Crippen LogP contribution in [0.15, 0.2) is 21.8 Å². The van der Waals surface area contributed by atoms with E-state index in [0.717, 1.165) is 13.0 Å². The van der Waals surface area contributed by atoms with Gasteiger partial charge in [0.05, 0.1) is 5.69 Å². The lowest BCUT2D eigenvalue weighted by atomic mass is 10.4. The number of likely N-dealkylation sites (N-methyl/N-ethyl adjacent to an activating group) is 1. The predicted octanol–water partition coefficient (Wildman–Crippen LogP) is -0.434. The molecule has 11 heteroatoms. The molecule has 2 heterocycles. The van der Waals surface area contributed by atoms with Gasteiger partial charge in [0.15, 0.2) is 5.96 Å². The maximum Gasteiger partial charge on any atom is 0.243 e. The third kappa shape index (κ3) is 6.21. The van der Waals surface area contributed by atoms with Crippen LogP contribution >= 0.6 is 0 Å². The summed E-state index contributed by atoms with van der Waals surface area (Å²) in [5, 5.41) is 6.91. The predicted molar refractivity (Wildman–Crippen MR) is 102 cm³/mol. The number of carbonyl (C=O) groups is 1. The van der Waals surface area contributed by atoms with E-state index >= 15 is 0 Å². The Morgan fingerprint density at radius 3 is 2.59 bits per heavy atom. The van der Waals surface area contributed by atoms with E-state index in [4.69, 9.17) is 4.52 Å². The standard InChI is InChI=1S/C16H28N6O4S/c1-4-6-17-16(18-12-15(23)20(2)3)21-7-9-22(10-8-21)27(24,25)13-14-5-11-26-19-14/h5,11H,4,6-10,12-13H2,1-3H3,(H,17,18). The van der Waals surface area contributed by atoms with Gasteiger partial charge >= 0.3 is 0 Å². The van der Waals surface area contributed by atoms with Gasteiger partial charge in [-0.15, -0.1) is 0 Å². The molecule has 152 valence electrons. The Hall–Kier alpha value is -2.14. The summed E-state index contributed by atoms with van der Waals surface area (Å²) >= 11 is 0. The van der Waals surface area contributed by atoms with E-state index in [0.29, 0.717) is 37.8 Å². The molecule has 1 N–H and O–H groups in total. The Morgan fingerprint density at radius 1 is 1.33 bits per heavy atom. The number of piperazine rings is 1. The van der Waals surface area contributed by atoms with E-state index in [1.165, 1.54) is 15.5 Å². The second kappa shape index (κ2) is 9.70. The lowest BCUT2D eigenvalue weighted by Gasteiger charge is -2.35. The summed E-state index contributed by atoms with van der Waals surface area (Å²) < 4.78 is 31.2. The smallest absolute Gasteiger partial charge is 0.243 e. The zero-order valence-corrected chi connectivity index (χ0v) is 16.9. The Balaban J connectivity index is 1.97. The van der Waals surface area contributed by atoms with Crippen molar-refractivity contribution in [3.05, 3.63) is 18.0 Å². The molecule has 2 rings (SSSR count). The molecule has 0 aromatic carbocycles. The Morgan fingerprint density at radius 2 is 2.04 bits per heavy atom. The molecule has 0 aliphatic carbocycles. The van der Waals surface area contributed by atoms with Gasteiger partial charge in [-0.25, -0.2) is 13.4 Å². The van der Waals surface area contributed by atoms with Crippen LogP contribution in [0.1, 0.15) is 19.0 Å². The number of rotatable bonds is 7. The third-order valence-corrected chi connectivity index (χ3v) is 5.96. The lowest BCUT2D eigenvalue weighted by molar-refractivity contribution is -0.127. The minimum Gasteiger partial charge on any atom is -0.364 e. The topological polar surface area (TPSA) is 111 Å². The van der Waals surface area contributed by atoms with Crippen molar-refractivity contribution in [1.82, 2.24) is 24.6 Å². The zero-order valence-electron chi connectivity index (χ0n) is 16.1. The van der Waals surface area contributed by atoms with Crippen molar-refractivity contribution in [3.8, 4) is 0 Å². The first-order valence-electron chi connectivity index (χ1n) is 8.94. The summed E-state index contributed by atoms with van der Waals surface area (Å²) in [7, 11) is -0.0663. The van der Waals surface area contributed by atoms with Crippen molar-refractivity contribution in [3.63, 3.8) is 0 Å². The fraction of sp³-hybridized carbons (Fsp3) is 0.688. The number of amides is 1. The van der Waals surface area contributed by atoms with Gasteiger partial charge in [-0.05, 0) is 6.42 Å². The number of hydrogen-bond acceptors (Lipinski definition) is 6. The Kier molecular flexibility index (Phi) is 7.60. The molecule has 1 aromatic heterocycles. The van der Waals surface area contributed by atoms with E-state index in [1.54, 1.807) is 20.2 Å². The highest BCUT2D eigenvalue weighted by atomic mass is 32.2. The number of nitrogens with zero attached hydrogens (tertiary/aromatic N) is 5. The fourth-order valence-electron chi connectivity index (χ4n) is 2.56. The van der Waals surface area contributed by atoms with Crippen LogP contribution in [0.25, 0.3) is 0 Å². The van der Waals surface area contributed by atoms with Crippen LogP contribution in [-0.4, -0.2) is 92.9 Å². The molecule has 1 saturated heterocycles. The first kappa shape index (κ1) is 21.2. The highest BCUT2D eigenvalue weighted by Gasteiger charge is 2.29. The highest BCUT2D eigenvalue weighted by Crippen LogP contribution is 2.13. The van der Waals surface area contributed by atoms with Gasteiger partial charge in [0.2, 0.25) is 15.9 Å². The van der Waals surface area contributed by atoms with E-state index in [-0.39, 0.29) is 18.2 Å². The van der Waals surface area contributed by atoms with Crippen molar-refractivity contribution in [2.45, 2.75) is 19.1 Å². The summed E-state index contributed by atoms with van der Waals surface area (Å²) in [5.74, 6) is 0.385. The molecule has 1 aromatic rings. The average molecular weight is 401 g/mol. The van der Waals surface area contributed by atoms with Crippen molar-refractivity contribution < 1.29 is 17.7 Å². The van der Waals surface area contributed by atoms with Crippen LogP contribution in [0, 0.1) is 0 Å². The van der Waals surface area contributed by atoms with Crippen LogP contribution < -0.4 is 5.32 Å². The van der Waals surface area contributed by atoms with E-state index in [1.807, 2.05) is 11.8 Å². The molecule has 0 unspecified atom stereocenters. The summed E-state index contributed by atoms with van der Waals surface area (Å²) in [6.07, 6.45) is 2.28. The molecule has 0 spiro atoms. The average Bonchev–Trinajstić information content (AvgIpc) is 3.14. The molecule has 1 aliphatic heterocycles. The molecule has 1 fully saturated rings. The van der Waals surface area contributed by atoms with E-state index in [2.05, 4.69) is 15.5 Å². The van der Waals surface area contributed by atoms with Gasteiger partial charge in [0.25, 0.3) is 0 Å². The van der Waals surface area contributed by atoms with E-state index in [9.17, 15) is 13.2 Å². The molecule has 0 bridgehead atoms. The van der Waals surface area contributed by atoms with Gasteiger partial charge in [0.1, 0.15) is 18.6 Å². The monoisotopic (exact) mass is 400 g/mol. The van der Waals surface area contributed by atoms with Gasteiger partial charge < -0.3 is 19.6 Å². The first-order chi connectivity index (χ1) is 12.8. The van der Waals surface area contributed by atoms with Crippen LogP contribution in [0.3, 0.4) is 0 Å². The number of guanidine groups is 1. The minimum absolute atomic E-state index is 0.0592. The molecule has 1 aliphatic rings. The third-order valence-electron chi connectivity index (χ3n) is 4.15. The van der Waals surface area contributed by atoms with Gasteiger partial charge in [-0.3, -0.25) is 4.79 Å². The lowest BCUT2D eigenvalue weighted by Crippen LogP contribution is -2.54. The Bertz CT molecular complexity index is 724. The molecule has 0 saturated carbocycles. The van der Waals surface area contributed by atoms with Crippen LogP contribution in [0.4, 0.5) is 0 Å². The second-order valence-corrected chi connectivity index (χ2v) is 8.46. The van der Waals surface area contributed by atoms with Gasteiger partial charge in [0, 0.05) is 52.9 Å². The second-order valence-electron chi connectivity index (χ2n) is 6.49. The number of aromatic nitrogens is 1. The maximum absolute atomic E-state index is 12.5. The quantitative estimate of drug-likeness (QED) is 0.488. The molecule has 0 atom stereocenters.